The molecular weight excluding hydrogens is 458 g/mol. The van der Waals surface area contributed by atoms with Crippen LogP contribution in [-0.4, -0.2) is 69.7 Å². The van der Waals surface area contributed by atoms with Gasteiger partial charge in [-0.15, -0.1) is 5.10 Å². The monoisotopic (exact) mass is 482 g/mol. The van der Waals surface area contributed by atoms with E-state index < -0.39 is 17.7 Å². The van der Waals surface area contributed by atoms with Crippen molar-refractivity contribution in [3.63, 3.8) is 0 Å². The van der Waals surface area contributed by atoms with Crippen molar-refractivity contribution in [1.29, 1.82) is 0 Å². The fourth-order valence-electron chi connectivity index (χ4n) is 4.12. The number of rotatable bonds is 5. The van der Waals surface area contributed by atoms with Crippen molar-refractivity contribution in [1.82, 2.24) is 24.5 Å². The van der Waals surface area contributed by atoms with E-state index in [-0.39, 0.29) is 11.9 Å². The second kappa shape index (κ2) is 8.85. The van der Waals surface area contributed by atoms with Crippen molar-refractivity contribution < 1.29 is 18.0 Å². The van der Waals surface area contributed by atoms with Gasteiger partial charge in [0.1, 0.15) is 23.5 Å². The van der Waals surface area contributed by atoms with Gasteiger partial charge in [0.25, 0.3) is 0 Å². The number of anilines is 3. The number of amides is 1. The zero-order valence-corrected chi connectivity index (χ0v) is 19.2. The topological polar surface area (TPSA) is 109 Å². The predicted molar refractivity (Wildman–Crippen MR) is 126 cm³/mol. The number of halogens is 2. The summed E-state index contributed by atoms with van der Waals surface area (Å²) in [5.74, 6) is 0.164. The molecule has 0 bridgehead atoms. The number of piperazine rings is 1. The third kappa shape index (κ3) is 4.22. The van der Waals surface area contributed by atoms with Crippen molar-refractivity contribution in [3.05, 3.63) is 54.3 Å². The normalized spacial score (nSPS) is 15.0. The van der Waals surface area contributed by atoms with Gasteiger partial charge >= 0.3 is 0 Å². The highest BCUT2D eigenvalue weighted by atomic mass is 19.1. The first kappa shape index (κ1) is 22.6. The largest absolute Gasteiger partial charge is 0.461 e. The number of benzene rings is 1. The van der Waals surface area contributed by atoms with Gasteiger partial charge in [0.15, 0.2) is 11.4 Å². The molecule has 1 aromatic carbocycles. The molecule has 0 radical (unpaired) electrons. The minimum atomic E-state index is -0.618. The maximum atomic E-state index is 14.1. The number of carbonyl (C=O) groups is 1. The van der Waals surface area contributed by atoms with Crippen LogP contribution in [0.2, 0.25) is 0 Å². The van der Waals surface area contributed by atoms with Gasteiger partial charge in [-0.05, 0) is 31.2 Å². The molecule has 3 aromatic heterocycles. The van der Waals surface area contributed by atoms with Gasteiger partial charge in [-0.1, -0.05) is 0 Å². The number of furan rings is 1. The molecule has 0 saturated carbocycles. The van der Waals surface area contributed by atoms with Crippen LogP contribution in [0.4, 0.5) is 26.2 Å². The van der Waals surface area contributed by atoms with E-state index in [9.17, 15) is 13.6 Å². The van der Waals surface area contributed by atoms with Gasteiger partial charge in [-0.3, -0.25) is 4.79 Å². The van der Waals surface area contributed by atoms with Gasteiger partial charge in [-0.2, -0.15) is 9.50 Å². The molecule has 12 heteroatoms. The summed E-state index contributed by atoms with van der Waals surface area (Å²) in [6.07, 6.45) is 1.53. The Hall–Kier alpha value is -4.22. The first-order chi connectivity index (χ1) is 16.8. The average Bonchev–Trinajstić information content (AvgIpc) is 3.53. The molecule has 4 aromatic rings. The standard InChI is InChI=1S/C23H24F2N8O2/c1-14(22(34)32-9-7-31(8-10-32)17-6-5-15(24)12-16(17)25)30(2)19-13-20-27-21(18-4-3-11-35-18)29-33(20)23(26)28-19/h3-6,11-14H,7-10H2,1-2H3,(H2,26,28). The summed E-state index contributed by atoms with van der Waals surface area (Å²) >= 11 is 0. The lowest BCUT2D eigenvalue weighted by Crippen LogP contribution is -2.54. The van der Waals surface area contributed by atoms with Crippen LogP contribution in [0.3, 0.4) is 0 Å². The Kier molecular flexibility index (Phi) is 5.71. The summed E-state index contributed by atoms with van der Waals surface area (Å²) in [7, 11) is 1.76. The van der Waals surface area contributed by atoms with E-state index in [1.165, 1.54) is 22.9 Å². The molecule has 1 fully saturated rings. The van der Waals surface area contributed by atoms with Gasteiger partial charge < -0.3 is 24.9 Å². The van der Waals surface area contributed by atoms with Crippen LogP contribution in [0, 0.1) is 11.6 Å². The van der Waals surface area contributed by atoms with E-state index in [4.69, 9.17) is 10.2 Å². The first-order valence-corrected chi connectivity index (χ1v) is 11.1. The van der Waals surface area contributed by atoms with Crippen LogP contribution < -0.4 is 15.5 Å². The minimum Gasteiger partial charge on any atom is -0.461 e. The lowest BCUT2D eigenvalue weighted by Gasteiger charge is -2.38. The molecule has 1 saturated heterocycles. The predicted octanol–water partition coefficient (Wildman–Crippen LogP) is 2.42. The van der Waals surface area contributed by atoms with Crippen LogP contribution in [0.15, 0.2) is 47.1 Å². The molecule has 0 aliphatic carbocycles. The third-order valence-electron chi connectivity index (χ3n) is 6.22. The van der Waals surface area contributed by atoms with Crippen molar-refractivity contribution in [2.45, 2.75) is 13.0 Å². The molecule has 1 unspecified atom stereocenters. The molecule has 0 spiro atoms. The summed E-state index contributed by atoms with van der Waals surface area (Å²) in [4.78, 5) is 27.3. The number of nitrogens with zero attached hydrogens (tertiary/aromatic N) is 7. The van der Waals surface area contributed by atoms with Gasteiger partial charge in [0.2, 0.25) is 17.7 Å². The van der Waals surface area contributed by atoms with E-state index in [2.05, 4.69) is 15.1 Å². The fraction of sp³-hybridized carbons (Fsp3) is 0.304. The number of hydrogen-bond acceptors (Lipinski definition) is 8. The second-order valence-corrected chi connectivity index (χ2v) is 8.35. The average molecular weight is 482 g/mol. The molecule has 1 aliphatic heterocycles. The molecule has 35 heavy (non-hydrogen) atoms. The maximum absolute atomic E-state index is 14.1. The number of fused-ring (bicyclic) bond motifs is 1. The molecule has 5 rings (SSSR count). The van der Waals surface area contributed by atoms with Crippen LogP contribution in [0.5, 0.6) is 0 Å². The number of carbonyl (C=O) groups excluding carboxylic acids is 1. The molecule has 1 atom stereocenters. The molecule has 10 nitrogen and oxygen atoms in total. The Morgan fingerprint density at radius 1 is 1.14 bits per heavy atom. The van der Waals surface area contributed by atoms with E-state index in [0.29, 0.717) is 54.9 Å². The molecular formula is C23H24F2N8O2. The van der Waals surface area contributed by atoms with Gasteiger partial charge in [0.05, 0.1) is 12.0 Å². The Bertz CT molecular complexity index is 1370. The number of nitrogens with two attached hydrogens (primary N) is 1. The fourth-order valence-corrected chi connectivity index (χ4v) is 4.12. The van der Waals surface area contributed by atoms with E-state index in [1.807, 2.05) is 4.90 Å². The van der Waals surface area contributed by atoms with E-state index in [0.717, 1.165) is 6.07 Å². The Morgan fingerprint density at radius 2 is 1.91 bits per heavy atom. The summed E-state index contributed by atoms with van der Waals surface area (Å²) < 4.78 is 34.1. The van der Waals surface area contributed by atoms with Crippen molar-refractivity contribution in [3.8, 4) is 11.6 Å². The van der Waals surface area contributed by atoms with Crippen LogP contribution in [0.1, 0.15) is 6.92 Å². The third-order valence-corrected chi connectivity index (χ3v) is 6.22. The maximum Gasteiger partial charge on any atom is 0.245 e. The number of nitrogen functional groups attached to an aromatic ring is 1. The first-order valence-electron chi connectivity index (χ1n) is 11.1. The summed E-state index contributed by atoms with van der Waals surface area (Å²) in [6, 6.07) is 8.18. The molecule has 182 valence electrons. The van der Waals surface area contributed by atoms with Crippen molar-refractivity contribution in [2.24, 2.45) is 0 Å². The van der Waals surface area contributed by atoms with Gasteiger partial charge in [0, 0.05) is 45.4 Å². The molecule has 1 aliphatic rings. The van der Waals surface area contributed by atoms with Gasteiger partial charge in [-0.25, -0.2) is 13.8 Å². The summed E-state index contributed by atoms with van der Waals surface area (Å²) in [5, 5.41) is 4.33. The lowest BCUT2D eigenvalue weighted by atomic mass is 10.2. The number of aromatic nitrogens is 4. The minimum absolute atomic E-state index is 0.0929. The van der Waals surface area contributed by atoms with Crippen LogP contribution in [0.25, 0.3) is 17.2 Å². The zero-order valence-electron chi connectivity index (χ0n) is 19.2. The SMILES string of the molecule is CC(C(=O)N1CCN(c2ccc(F)cc2F)CC1)N(C)c1cc2nc(-c3ccco3)nn2c(N)n1. The quantitative estimate of drug-likeness (QED) is 0.462. The summed E-state index contributed by atoms with van der Waals surface area (Å²) in [5.41, 5.74) is 6.91. The van der Waals surface area contributed by atoms with Crippen molar-refractivity contribution in [2.75, 3.05) is 48.8 Å². The highest BCUT2D eigenvalue weighted by Gasteiger charge is 2.29. The number of hydrogen-bond donors (Lipinski definition) is 1. The molecule has 4 heterocycles. The van der Waals surface area contributed by atoms with Crippen LogP contribution >= 0.6 is 0 Å². The van der Waals surface area contributed by atoms with E-state index >= 15 is 0 Å². The Morgan fingerprint density at radius 3 is 2.60 bits per heavy atom. The lowest BCUT2D eigenvalue weighted by molar-refractivity contribution is -0.132. The zero-order chi connectivity index (χ0) is 24.7. The second-order valence-electron chi connectivity index (χ2n) is 8.35. The molecule has 1 amide bonds. The Labute approximate surface area is 199 Å². The highest BCUT2D eigenvalue weighted by Crippen LogP contribution is 2.24. The highest BCUT2D eigenvalue weighted by molar-refractivity contribution is 5.85. The molecule has 2 N–H and O–H groups in total. The number of likely N-dealkylation sites (N-methyl/N-ethyl adjacent to an activating group) is 1. The van der Waals surface area contributed by atoms with E-state index in [1.54, 1.807) is 42.0 Å². The smallest absolute Gasteiger partial charge is 0.245 e. The summed E-state index contributed by atoms with van der Waals surface area (Å²) in [6.45, 7) is 3.50. The van der Waals surface area contributed by atoms with Crippen LogP contribution in [-0.2, 0) is 4.79 Å². The van der Waals surface area contributed by atoms with Crippen molar-refractivity contribution >= 4 is 29.0 Å². The Balaban J connectivity index is 1.28.